The smallest absolute Gasteiger partial charge is 0.242 e. The van der Waals surface area contributed by atoms with Crippen molar-refractivity contribution >= 4 is 50.7 Å². The van der Waals surface area contributed by atoms with Crippen LogP contribution in [0.15, 0.2) is 42.5 Å². The summed E-state index contributed by atoms with van der Waals surface area (Å²) in [7, 11) is -3.65. The summed E-state index contributed by atoms with van der Waals surface area (Å²) in [6.07, 6.45) is 2.11. The number of rotatable bonds is 14. The Morgan fingerprint density at radius 1 is 1.05 bits per heavy atom. The van der Waals surface area contributed by atoms with Gasteiger partial charge in [0.25, 0.3) is 0 Å². The molecule has 1 atom stereocenters. The Morgan fingerprint density at radius 2 is 1.70 bits per heavy atom. The van der Waals surface area contributed by atoms with E-state index in [1.165, 1.54) is 9.21 Å². The number of hydrogen-bond acceptors (Lipinski definition) is 5. The van der Waals surface area contributed by atoms with Crippen LogP contribution in [0.2, 0.25) is 10.0 Å². The zero-order chi connectivity index (χ0) is 27.6. The molecule has 0 aliphatic rings. The fourth-order valence-corrected chi connectivity index (χ4v) is 5.24. The van der Waals surface area contributed by atoms with Crippen LogP contribution in [0, 0.1) is 0 Å². The molecule has 2 rings (SSSR count). The molecule has 2 aromatic rings. The molecule has 0 saturated heterocycles. The second-order valence-electron chi connectivity index (χ2n) is 8.53. The van der Waals surface area contributed by atoms with Crippen LogP contribution in [0.4, 0.5) is 5.69 Å². The van der Waals surface area contributed by atoms with Crippen molar-refractivity contribution in [3.63, 3.8) is 0 Å². The Balaban J connectivity index is 2.24. The number of halogens is 2. The number of carbonyl (C=O) groups is 2. The monoisotopic (exact) mass is 571 g/mol. The predicted molar refractivity (Wildman–Crippen MR) is 149 cm³/mol. The summed E-state index contributed by atoms with van der Waals surface area (Å²) in [6.45, 7) is 6.37. The van der Waals surface area contributed by atoms with Gasteiger partial charge < -0.3 is 15.0 Å². The number of hydrogen-bond donors (Lipinski definition) is 1. The van der Waals surface area contributed by atoms with Gasteiger partial charge in [0.2, 0.25) is 21.8 Å². The minimum Gasteiger partial charge on any atom is -0.492 e. The summed E-state index contributed by atoms with van der Waals surface area (Å²) in [4.78, 5) is 27.6. The van der Waals surface area contributed by atoms with Gasteiger partial charge in [-0.3, -0.25) is 13.9 Å². The molecule has 0 heterocycles. The van der Waals surface area contributed by atoms with E-state index in [-0.39, 0.29) is 37.7 Å². The second-order valence-corrected chi connectivity index (χ2v) is 11.2. The Labute approximate surface area is 229 Å². The van der Waals surface area contributed by atoms with E-state index in [9.17, 15) is 18.0 Å². The summed E-state index contributed by atoms with van der Waals surface area (Å²) in [6, 6.07) is 11.1. The van der Waals surface area contributed by atoms with Crippen molar-refractivity contribution in [2.75, 3.05) is 30.3 Å². The third-order valence-corrected chi connectivity index (χ3v) is 7.58. The zero-order valence-corrected chi connectivity index (χ0v) is 24.0. The molecule has 37 heavy (non-hydrogen) atoms. The highest BCUT2D eigenvalue weighted by molar-refractivity contribution is 7.92. The average molecular weight is 573 g/mol. The molecule has 0 aliphatic carbocycles. The summed E-state index contributed by atoms with van der Waals surface area (Å²) >= 11 is 12.7. The van der Waals surface area contributed by atoms with Crippen molar-refractivity contribution in [3.8, 4) is 5.75 Å². The van der Waals surface area contributed by atoms with Crippen molar-refractivity contribution < 1.29 is 22.7 Å². The van der Waals surface area contributed by atoms with Gasteiger partial charge in [-0.05, 0) is 51.0 Å². The summed E-state index contributed by atoms with van der Waals surface area (Å²) in [5, 5.41) is 3.60. The molecule has 0 saturated carbocycles. The first kappa shape index (κ1) is 30.7. The number of para-hydroxylation sites is 2. The molecule has 2 aromatic carbocycles. The lowest BCUT2D eigenvalue weighted by molar-refractivity contribution is -0.140. The Hall–Kier alpha value is -2.49. The maximum atomic E-state index is 13.4. The van der Waals surface area contributed by atoms with E-state index in [0.29, 0.717) is 40.2 Å². The predicted octanol–water partition coefficient (Wildman–Crippen LogP) is 4.88. The van der Waals surface area contributed by atoms with Gasteiger partial charge in [0, 0.05) is 41.7 Å². The lowest BCUT2D eigenvalue weighted by atomic mass is 10.1. The van der Waals surface area contributed by atoms with E-state index in [1.54, 1.807) is 49.4 Å². The highest BCUT2D eigenvalue weighted by Crippen LogP contribution is 2.30. The molecule has 0 aromatic heterocycles. The first-order valence-electron chi connectivity index (χ1n) is 12.2. The van der Waals surface area contributed by atoms with Crippen LogP contribution < -0.4 is 14.4 Å². The summed E-state index contributed by atoms with van der Waals surface area (Å²) in [5.41, 5.74) is 0.948. The average Bonchev–Trinajstić information content (AvgIpc) is 2.84. The first-order valence-corrected chi connectivity index (χ1v) is 14.8. The Bertz CT molecular complexity index is 1160. The maximum Gasteiger partial charge on any atom is 0.242 e. The molecule has 1 unspecified atom stereocenters. The number of benzene rings is 2. The van der Waals surface area contributed by atoms with Crippen LogP contribution >= 0.6 is 23.2 Å². The third kappa shape index (κ3) is 8.79. The Morgan fingerprint density at radius 3 is 2.30 bits per heavy atom. The second kappa shape index (κ2) is 14.4. The van der Waals surface area contributed by atoms with Crippen molar-refractivity contribution in [2.45, 2.75) is 52.6 Å². The molecular weight excluding hydrogens is 537 g/mol. The molecule has 1 N–H and O–H groups in total. The van der Waals surface area contributed by atoms with Crippen LogP contribution in [0.1, 0.15) is 45.6 Å². The molecule has 0 aliphatic heterocycles. The van der Waals surface area contributed by atoms with Gasteiger partial charge >= 0.3 is 0 Å². The van der Waals surface area contributed by atoms with Gasteiger partial charge in [0.05, 0.1) is 18.6 Å². The van der Waals surface area contributed by atoms with Crippen LogP contribution in [-0.2, 0) is 26.2 Å². The van der Waals surface area contributed by atoms with E-state index in [0.717, 1.165) is 12.7 Å². The molecule has 0 radical (unpaired) electrons. The van der Waals surface area contributed by atoms with Gasteiger partial charge in [0.15, 0.2) is 0 Å². The van der Waals surface area contributed by atoms with Gasteiger partial charge in [-0.1, -0.05) is 48.3 Å². The molecule has 2 amide bonds. The lowest BCUT2D eigenvalue weighted by Gasteiger charge is -2.30. The number of nitrogens with zero attached hydrogens (tertiary/aromatic N) is 2. The fourth-order valence-electron chi connectivity index (χ4n) is 3.76. The van der Waals surface area contributed by atoms with Gasteiger partial charge in [-0.2, -0.15) is 0 Å². The van der Waals surface area contributed by atoms with Gasteiger partial charge in [-0.15, -0.1) is 0 Å². The van der Waals surface area contributed by atoms with Crippen LogP contribution in [-0.4, -0.2) is 57.1 Å². The molecule has 204 valence electrons. The number of sulfonamides is 1. The minimum atomic E-state index is -3.65. The van der Waals surface area contributed by atoms with Crippen molar-refractivity contribution in [2.24, 2.45) is 0 Å². The van der Waals surface area contributed by atoms with E-state index in [2.05, 4.69) is 5.32 Å². The number of carbonyl (C=O) groups excluding carboxylic acids is 2. The maximum absolute atomic E-state index is 13.4. The standard InChI is InChI=1S/C26H35Cl2N3O5S/c1-5-16-29-26(33)19(3)30(18-20-21(27)11-9-12-22(20)28)25(32)15-10-17-31(37(4,34)35)23-13-7-8-14-24(23)36-6-2/h7-9,11-14,19H,5-6,10,15-18H2,1-4H3,(H,29,33). The number of nitrogens with one attached hydrogen (secondary N) is 1. The number of anilines is 1. The highest BCUT2D eigenvalue weighted by Gasteiger charge is 2.28. The summed E-state index contributed by atoms with van der Waals surface area (Å²) < 4.78 is 32.1. The number of amides is 2. The van der Waals surface area contributed by atoms with Crippen LogP contribution in [0.25, 0.3) is 0 Å². The summed E-state index contributed by atoms with van der Waals surface area (Å²) in [5.74, 6) is -0.165. The minimum absolute atomic E-state index is 0.0102. The quantitative estimate of drug-likeness (QED) is 0.348. The SMILES string of the molecule is CCCNC(=O)C(C)N(Cc1c(Cl)cccc1Cl)C(=O)CCCN(c1ccccc1OCC)S(C)(=O)=O. The van der Waals surface area contributed by atoms with E-state index in [4.69, 9.17) is 27.9 Å². The first-order chi connectivity index (χ1) is 17.5. The zero-order valence-electron chi connectivity index (χ0n) is 21.7. The Kier molecular flexibility index (Phi) is 12.0. The van der Waals surface area contributed by atoms with Crippen LogP contribution in [0.5, 0.6) is 5.75 Å². The topological polar surface area (TPSA) is 96.0 Å². The van der Waals surface area contributed by atoms with Crippen molar-refractivity contribution in [3.05, 3.63) is 58.1 Å². The molecule has 8 nitrogen and oxygen atoms in total. The molecule has 0 spiro atoms. The molecular formula is C26H35Cl2N3O5S. The largest absolute Gasteiger partial charge is 0.492 e. The van der Waals surface area contributed by atoms with E-state index in [1.807, 2.05) is 13.8 Å². The molecule has 11 heteroatoms. The van der Waals surface area contributed by atoms with Gasteiger partial charge in [-0.25, -0.2) is 8.42 Å². The third-order valence-electron chi connectivity index (χ3n) is 5.69. The van der Waals surface area contributed by atoms with Gasteiger partial charge in [0.1, 0.15) is 11.8 Å². The normalized spacial score (nSPS) is 12.1. The molecule has 0 bridgehead atoms. The highest BCUT2D eigenvalue weighted by atomic mass is 35.5. The fraction of sp³-hybridized carbons (Fsp3) is 0.462. The molecule has 0 fully saturated rings. The lowest BCUT2D eigenvalue weighted by Crippen LogP contribution is -2.48. The van der Waals surface area contributed by atoms with Crippen molar-refractivity contribution in [1.82, 2.24) is 10.2 Å². The number of ether oxygens (including phenoxy) is 1. The van der Waals surface area contributed by atoms with Crippen LogP contribution in [0.3, 0.4) is 0 Å². The van der Waals surface area contributed by atoms with E-state index < -0.39 is 16.1 Å². The van der Waals surface area contributed by atoms with Crippen molar-refractivity contribution in [1.29, 1.82) is 0 Å². The van der Waals surface area contributed by atoms with E-state index >= 15 is 0 Å².